The van der Waals surface area contributed by atoms with E-state index in [-0.39, 0.29) is 11.8 Å². The second-order valence-electron chi connectivity index (χ2n) is 8.20. The fraction of sp³-hybridized carbons (Fsp3) is 0.524. The van der Waals surface area contributed by atoms with Gasteiger partial charge >= 0.3 is 0 Å². The van der Waals surface area contributed by atoms with Gasteiger partial charge in [-0.3, -0.25) is 14.5 Å². The number of amides is 2. The molecule has 2 amide bonds. The number of carbonyl (C=O) groups excluding carboxylic acids is 2. The Kier molecular flexibility index (Phi) is 6.19. The molecule has 160 valence electrons. The third-order valence-corrected chi connectivity index (χ3v) is 6.20. The Hall–Kier alpha value is -2.26. The zero-order valence-corrected chi connectivity index (χ0v) is 19.0. The summed E-state index contributed by atoms with van der Waals surface area (Å²) in [7, 11) is 3.54. The van der Waals surface area contributed by atoms with E-state index in [0.717, 1.165) is 41.7 Å². The van der Waals surface area contributed by atoms with Crippen molar-refractivity contribution >= 4 is 27.7 Å². The molecule has 0 spiro atoms. The zero-order chi connectivity index (χ0) is 21.3. The van der Waals surface area contributed by atoms with E-state index in [2.05, 4.69) is 31.1 Å². The number of halogens is 1. The van der Waals surface area contributed by atoms with Gasteiger partial charge in [-0.15, -0.1) is 5.10 Å². The van der Waals surface area contributed by atoms with E-state index >= 15 is 0 Å². The normalized spacial score (nSPS) is 17.6. The SMILES string of the molecule is CN(C)C(=O)CN1CCCN(C(=O)c2nnn(-c3ccc(Br)cc3)c2C2CC2)CC1. The Bertz CT molecular complexity index is 922. The van der Waals surface area contributed by atoms with E-state index in [9.17, 15) is 9.59 Å². The maximum absolute atomic E-state index is 13.4. The quantitative estimate of drug-likeness (QED) is 0.663. The van der Waals surface area contributed by atoms with E-state index in [1.165, 1.54) is 0 Å². The van der Waals surface area contributed by atoms with Crippen LogP contribution in [-0.2, 0) is 4.79 Å². The molecular weight excluding hydrogens is 448 g/mol. The summed E-state index contributed by atoms with van der Waals surface area (Å²) in [5.41, 5.74) is 2.31. The van der Waals surface area contributed by atoms with Gasteiger partial charge in [0, 0.05) is 50.7 Å². The third kappa shape index (κ3) is 4.57. The second-order valence-corrected chi connectivity index (χ2v) is 9.11. The van der Waals surface area contributed by atoms with Crippen LogP contribution < -0.4 is 0 Å². The van der Waals surface area contributed by atoms with Gasteiger partial charge in [0.1, 0.15) is 0 Å². The largest absolute Gasteiger partial charge is 0.348 e. The van der Waals surface area contributed by atoms with Gasteiger partial charge in [-0.05, 0) is 43.5 Å². The molecule has 0 bridgehead atoms. The Morgan fingerprint density at radius 1 is 1.10 bits per heavy atom. The molecule has 4 rings (SSSR count). The molecule has 1 aliphatic heterocycles. The molecule has 1 aliphatic carbocycles. The monoisotopic (exact) mass is 474 g/mol. The first kappa shape index (κ1) is 21.0. The number of carbonyl (C=O) groups is 2. The summed E-state index contributed by atoms with van der Waals surface area (Å²) >= 11 is 3.46. The van der Waals surface area contributed by atoms with Gasteiger partial charge in [0.15, 0.2) is 5.69 Å². The summed E-state index contributed by atoms with van der Waals surface area (Å²) in [6.45, 7) is 3.15. The van der Waals surface area contributed by atoms with Crippen LogP contribution >= 0.6 is 15.9 Å². The standard InChI is InChI=1S/C21H27BrN6O2/c1-25(2)18(29)14-26-10-3-11-27(13-12-26)21(30)19-20(15-4-5-15)28(24-23-19)17-8-6-16(22)7-9-17/h6-9,15H,3-5,10-14H2,1-2H3. The summed E-state index contributed by atoms with van der Waals surface area (Å²) in [6.07, 6.45) is 2.96. The lowest BCUT2D eigenvalue weighted by atomic mass is 10.2. The predicted octanol–water partition coefficient (Wildman–Crippen LogP) is 2.14. The van der Waals surface area contributed by atoms with Crippen LogP contribution in [0.4, 0.5) is 0 Å². The van der Waals surface area contributed by atoms with Gasteiger partial charge < -0.3 is 9.80 Å². The molecule has 1 aromatic carbocycles. The fourth-order valence-electron chi connectivity index (χ4n) is 3.75. The highest BCUT2D eigenvalue weighted by atomic mass is 79.9. The number of likely N-dealkylation sites (N-methyl/N-ethyl adjacent to an activating group) is 1. The molecular formula is C21H27BrN6O2. The summed E-state index contributed by atoms with van der Waals surface area (Å²) in [4.78, 5) is 31.0. The van der Waals surface area contributed by atoms with Crippen LogP contribution in [0.5, 0.6) is 0 Å². The van der Waals surface area contributed by atoms with Crippen molar-refractivity contribution in [1.82, 2.24) is 29.7 Å². The Morgan fingerprint density at radius 2 is 1.83 bits per heavy atom. The maximum atomic E-state index is 13.4. The van der Waals surface area contributed by atoms with Crippen LogP contribution in [0.15, 0.2) is 28.7 Å². The van der Waals surface area contributed by atoms with Crippen molar-refractivity contribution in [1.29, 1.82) is 0 Å². The molecule has 0 radical (unpaired) electrons. The number of hydrogen-bond donors (Lipinski definition) is 0. The van der Waals surface area contributed by atoms with Crippen LogP contribution in [-0.4, -0.2) is 88.3 Å². The lowest BCUT2D eigenvalue weighted by Crippen LogP contribution is -2.39. The van der Waals surface area contributed by atoms with Crippen LogP contribution in [0, 0.1) is 0 Å². The molecule has 2 fully saturated rings. The van der Waals surface area contributed by atoms with Gasteiger partial charge in [0.25, 0.3) is 5.91 Å². The van der Waals surface area contributed by atoms with Crippen molar-refractivity contribution in [3.63, 3.8) is 0 Å². The molecule has 2 heterocycles. The highest BCUT2D eigenvalue weighted by molar-refractivity contribution is 9.10. The molecule has 30 heavy (non-hydrogen) atoms. The van der Waals surface area contributed by atoms with Crippen molar-refractivity contribution in [2.45, 2.75) is 25.2 Å². The van der Waals surface area contributed by atoms with E-state index in [4.69, 9.17) is 0 Å². The van der Waals surface area contributed by atoms with E-state index in [0.29, 0.717) is 37.8 Å². The van der Waals surface area contributed by atoms with Gasteiger partial charge in [-0.1, -0.05) is 21.1 Å². The summed E-state index contributed by atoms with van der Waals surface area (Å²) in [5.74, 6) is 0.369. The first-order chi connectivity index (χ1) is 14.4. The summed E-state index contributed by atoms with van der Waals surface area (Å²) < 4.78 is 2.81. The van der Waals surface area contributed by atoms with Crippen LogP contribution in [0.2, 0.25) is 0 Å². The number of benzene rings is 1. The van der Waals surface area contributed by atoms with Gasteiger partial charge in [0.2, 0.25) is 5.91 Å². The summed E-state index contributed by atoms with van der Waals surface area (Å²) in [6, 6.07) is 7.89. The molecule has 2 aliphatic rings. The number of rotatable bonds is 5. The van der Waals surface area contributed by atoms with Crippen molar-refractivity contribution < 1.29 is 9.59 Å². The van der Waals surface area contributed by atoms with Gasteiger partial charge in [-0.2, -0.15) is 0 Å². The second kappa shape index (κ2) is 8.85. The van der Waals surface area contributed by atoms with Crippen LogP contribution in [0.25, 0.3) is 5.69 Å². The Morgan fingerprint density at radius 3 is 2.50 bits per heavy atom. The molecule has 0 N–H and O–H groups in total. The van der Waals surface area contributed by atoms with E-state index in [1.54, 1.807) is 19.0 Å². The highest BCUT2D eigenvalue weighted by Crippen LogP contribution is 2.42. The van der Waals surface area contributed by atoms with Gasteiger partial charge in [0.05, 0.1) is 17.9 Å². The molecule has 2 aromatic rings. The lowest BCUT2D eigenvalue weighted by Gasteiger charge is -2.22. The minimum Gasteiger partial charge on any atom is -0.348 e. The average molecular weight is 475 g/mol. The van der Waals surface area contributed by atoms with E-state index < -0.39 is 0 Å². The first-order valence-corrected chi connectivity index (χ1v) is 11.2. The fourth-order valence-corrected chi connectivity index (χ4v) is 4.02. The lowest BCUT2D eigenvalue weighted by molar-refractivity contribution is -0.129. The molecule has 0 atom stereocenters. The first-order valence-electron chi connectivity index (χ1n) is 10.4. The van der Waals surface area contributed by atoms with E-state index in [1.807, 2.05) is 33.8 Å². The molecule has 1 aromatic heterocycles. The van der Waals surface area contributed by atoms with Crippen molar-refractivity contribution in [3.05, 3.63) is 40.1 Å². The topological polar surface area (TPSA) is 74.6 Å². The summed E-state index contributed by atoms with van der Waals surface area (Å²) in [5, 5.41) is 8.64. The maximum Gasteiger partial charge on any atom is 0.276 e. The number of hydrogen-bond acceptors (Lipinski definition) is 5. The Balaban J connectivity index is 1.51. The van der Waals surface area contributed by atoms with Crippen molar-refractivity contribution in [3.8, 4) is 5.69 Å². The van der Waals surface area contributed by atoms with Crippen molar-refractivity contribution in [2.24, 2.45) is 0 Å². The molecule has 9 heteroatoms. The zero-order valence-electron chi connectivity index (χ0n) is 17.4. The van der Waals surface area contributed by atoms with Crippen molar-refractivity contribution in [2.75, 3.05) is 46.8 Å². The number of nitrogens with zero attached hydrogens (tertiary/aromatic N) is 6. The molecule has 0 unspecified atom stereocenters. The third-order valence-electron chi connectivity index (χ3n) is 5.68. The predicted molar refractivity (Wildman–Crippen MR) is 117 cm³/mol. The molecule has 8 nitrogen and oxygen atoms in total. The minimum atomic E-state index is -0.0546. The smallest absolute Gasteiger partial charge is 0.276 e. The van der Waals surface area contributed by atoms with Crippen LogP contribution in [0.3, 0.4) is 0 Å². The highest BCUT2D eigenvalue weighted by Gasteiger charge is 2.36. The molecule has 1 saturated carbocycles. The average Bonchev–Trinajstić information content (AvgIpc) is 3.51. The van der Waals surface area contributed by atoms with Crippen LogP contribution in [0.1, 0.15) is 41.4 Å². The number of aromatic nitrogens is 3. The molecule has 1 saturated heterocycles. The Labute approximate surface area is 184 Å². The minimum absolute atomic E-state index is 0.0546. The van der Waals surface area contributed by atoms with Gasteiger partial charge in [-0.25, -0.2) is 4.68 Å².